The first-order chi connectivity index (χ1) is 8.16. The molecule has 0 radical (unpaired) electrons. The summed E-state index contributed by atoms with van der Waals surface area (Å²) < 4.78 is 0. The Morgan fingerprint density at radius 2 is 2.18 bits per heavy atom. The monoisotopic (exact) mass is 234 g/mol. The predicted octanol–water partition coefficient (Wildman–Crippen LogP) is 1.25. The van der Waals surface area contributed by atoms with Gasteiger partial charge in [0.15, 0.2) is 5.78 Å². The van der Waals surface area contributed by atoms with E-state index in [0.717, 1.165) is 12.1 Å². The number of fused-ring (bicyclic) bond motifs is 1. The van der Waals surface area contributed by atoms with Gasteiger partial charge in [0.1, 0.15) is 0 Å². The first-order valence-electron chi connectivity index (χ1n) is 5.51. The van der Waals surface area contributed by atoms with Crippen LogP contribution in [0.2, 0.25) is 0 Å². The highest BCUT2D eigenvalue weighted by atomic mass is 16.4. The van der Waals surface area contributed by atoms with Crippen molar-refractivity contribution in [2.75, 3.05) is 11.9 Å². The molecule has 17 heavy (non-hydrogen) atoms. The van der Waals surface area contributed by atoms with Crippen molar-refractivity contribution in [3.8, 4) is 0 Å². The summed E-state index contributed by atoms with van der Waals surface area (Å²) in [5, 5.41) is 13.7. The van der Waals surface area contributed by atoms with Gasteiger partial charge in [-0.05, 0) is 24.5 Å². The lowest BCUT2D eigenvalue weighted by Gasteiger charge is -2.25. The average molecular weight is 234 g/mol. The fraction of sp³-hybridized carbons (Fsp3) is 0.333. The smallest absolute Gasteiger partial charge is 0.405 e. The lowest BCUT2D eigenvalue weighted by atomic mass is 9.96. The molecule has 1 aliphatic heterocycles. The van der Waals surface area contributed by atoms with Crippen molar-refractivity contribution in [2.45, 2.75) is 18.9 Å². The van der Waals surface area contributed by atoms with E-state index in [-0.39, 0.29) is 18.4 Å². The molecule has 0 spiro atoms. The number of ketones is 1. The second-order valence-corrected chi connectivity index (χ2v) is 4.02. The van der Waals surface area contributed by atoms with Crippen molar-refractivity contribution >= 4 is 17.6 Å². The molecule has 1 amide bonds. The van der Waals surface area contributed by atoms with Gasteiger partial charge < -0.3 is 15.7 Å². The van der Waals surface area contributed by atoms with Crippen LogP contribution in [0.3, 0.4) is 0 Å². The normalized spacial score (nSPS) is 17.8. The lowest BCUT2D eigenvalue weighted by molar-refractivity contribution is -0.119. The zero-order chi connectivity index (χ0) is 12.3. The molecule has 3 N–H and O–H groups in total. The minimum atomic E-state index is -1.17. The quantitative estimate of drug-likeness (QED) is 0.735. The molecule has 0 saturated heterocycles. The molecule has 0 fully saturated rings. The predicted molar refractivity (Wildman–Crippen MR) is 63.2 cm³/mol. The van der Waals surface area contributed by atoms with Crippen LogP contribution >= 0.6 is 0 Å². The number of Topliss-reactive ketones (excluding diaryl/α,β-unsaturated/α-hetero) is 1. The van der Waals surface area contributed by atoms with Gasteiger partial charge in [-0.2, -0.15) is 0 Å². The van der Waals surface area contributed by atoms with Gasteiger partial charge in [0.25, 0.3) is 0 Å². The molecule has 0 saturated carbocycles. The summed E-state index contributed by atoms with van der Waals surface area (Å²) in [5.74, 6) is -0.123. The van der Waals surface area contributed by atoms with Crippen molar-refractivity contribution in [3.63, 3.8) is 0 Å². The van der Waals surface area contributed by atoms with Crippen molar-refractivity contribution in [1.29, 1.82) is 0 Å². The van der Waals surface area contributed by atoms with E-state index in [1.54, 1.807) is 0 Å². The minimum absolute atomic E-state index is 0.123. The maximum atomic E-state index is 11.7. The number of aryl methyl sites for hydroxylation is 1. The number of para-hydroxylation sites is 1. The maximum absolute atomic E-state index is 11.7. The Balaban J connectivity index is 1.97. The van der Waals surface area contributed by atoms with Crippen LogP contribution < -0.4 is 10.6 Å². The summed E-state index contributed by atoms with van der Waals surface area (Å²) >= 11 is 0. The number of anilines is 1. The zero-order valence-corrected chi connectivity index (χ0v) is 9.27. The highest BCUT2D eigenvalue weighted by Crippen LogP contribution is 2.24. The molecule has 0 bridgehead atoms. The van der Waals surface area contributed by atoms with Crippen LogP contribution in [-0.2, 0) is 11.2 Å². The third-order valence-corrected chi connectivity index (χ3v) is 2.85. The number of carboxylic acid groups (broad SMARTS) is 1. The number of hydrogen-bond donors (Lipinski definition) is 3. The molecule has 1 aromatic rings. The van der Waals surface area contributed by atoms with Crippen LogP contribution in [0.5, 0.6) is 0 Å². The second-order valence-electron chi connectivity index (χ2n) is 4.02. The molecule has 1 unspecified atom stereocenters. The molecule has 5 heteroatoms. The summed E-state index contributed by atoms with van der Waals surface area (Å²) in [6.07, 6.45) is 0.374. The molecule has 1 aromatic carbocycles. The van der Waals surface area contributed by atoms with Crippen LogP contribution in [0.4, 0.5) is 10.5 Å². The van der Waals surface area contributed by atoms with E-state index >= 15 is 0 Å². The highest BCUT2D eigenvalue weighted by molar-refractivity contribution is 5.90. The van der Waals surface area contributed by atoms with E-state index in [2.05, 4.69) is 10.6 Å². The van der Waals surface area contributed by atoms with Crippen molar-refractivity contribution < 1.29 is 14.7 Å². The van der Waals surface area contributed by atoms with Gasteiger partial charge in [-0.15, -0.1) is 0 Å². The van der Waals surface area contributed by atoms with Gasteiger partial charge >= 0.3 is 6.09 Å². The topological polar surface area (TPSA) is 78.4 Å². The lowest BCUT2D eigenvalue weighted by Crippen LogP contribution is -2.40. The Morgan fingerprint density at radius 3 is 2.94 bits per heavy atom. The molecule has 0 aromatic heterocycles. The molecule has 90 valence electrons. The first-order valence-corrected chi connectivity index (χ1v) is 5.51. The van der Waals surface area contributed by atoms with E-state index < -0.39 is 6.09 Å². The van der Waals surface area contributed by atoms with Gasteiger partial charge in [-0.3, -0.25) is 4.79 Å². The summed E-state index contributed by atoms with van der Waals surface area (Å²) in [7, 11) is 0. The molecule has 5 nitrogen and oxygen atoms in total. The molecular weight excluding hydrogens is 220 g/mol. The summed E-state index contributed by atoms with van der Waals surface area (Å²) in [4.78, 5) is 22.0. The van der Waals surface area contributed by atoms with E-state index in [1.165, 1.54) is 5.56 Å². The molecule has 2 rings (SSSR count). The molecule has 1 aliphatic rings. The van der Waals surface area contributed by atoms with Gasteiger partial charge in [0.05, 0.1) is 12.6 Å². The van der Waals surface area contributed by atoms with Gasteiger partial charge in [0.2, 0.25) is 0 Å². The number of benzene rings is 1. The van der Waals surface area contributed by atoms with Gasteiger partial charge in [-0.1, -0.05) is 18.2 Å². The van der Waals surface area contributed by atoms with Crippen LogP contribution in [0.15, 0.2) is 24.3 Å². The van der Waals surface area contributed by atoms with E-state index in [0.29, 0.717) is 6.42 Å². The summed E-state index contributed by atoms with van der Waals surface area (Å²) in [5.41, 5.74) is 2.16. The Morgan fingerprint density at radius 1 is 1.41 bits per heavy atom. The molecule has 0 aliphatic carbocycles. The van der Waals surface area contributed by atoms with Crippen LogP contribution in [-0.4, -0.2) is 29.6 Å². The maximum Gasteiger partial charge on any atom is 0.405 e. The number of rotatable bonds is 3. The highest BCUT2D eigenvalue weighted by Gasteiger charge is 2.23. The van der Waals surface area contributed by atoms with Crippen molar-refractivity contribution in [3.05, 3.63) is 29.8 Å². The molecular formula is C12H14N2O3. The average Bonchev–Trinajstić information content (AvgIpc) is 2.35. The van der Waals surface area contributed by atoms with Crippen LogP contribution in [0.25, 0.3) is 0 Å². The minimum Gasteiger partial charge on any atom is -0.465 e. The van der Waals surface area contributed by atoms with E-state index in [4.69, 9.17) is 5.11 Å². The fourth-order valence-electron chi connectivity index (χ4n) is 1.97. The number of hydrogen-bond acceptors (Lipinski definition) is 3. The Bertz CT molecular complexity index is 445. The van der Waals surface area contributed by atoms with E-state index in [9.17, 15) is 9.59 Å². The largest absolute Gasteiger partial charge is 0.465 e. The third-order valence-electron chi connectivity index (χ3n) is 2.85. The number of nitrogens with one attached hydrogen (secondary N) is 2. The standard InChI is InChI=1S/C12H14N2O3/c15-11(7-13-12(16)17)10-6-5-8-3-1-2-4-9(8)14-10/h1-4,10,13-14H,5-7H2,(H,16,17). The van der Waals surface area contributed by atoms with Gasteiger partial charge in [0, 0.05) is 5.69 Å². The third kappa shape index (κ3) is 2.75. The van der Waals surface area contributed by atoms with Crippen molar-refractivity contribution in [2.24, 2.45) is 0 Å². The van der Waals surface area contributed by atoms with Gasteiger partial charge in [-0.25, -0.2) is 4.79 Å². The fourth-order valence-corrected chi connectivity index (χ4v) is 1.97. The molecule has 1 heterocycles. The van der Waals surface area contributed by atoms with Crippen molar-refractivity contribution in [1.82, 2.24) is 5.32 Å². The summed E-state index contributed by atoms with van der Waals surface area (Å²) in [6, 6.07) is 7.54. The zero-order valence-electron chi connectivity index (χ0n) is 9.27. The number of carbonyl (C=O) groups excluding carboxylic acids is 1. The second kappa shape index (κ2) is 4.86. The SMILES string of the molecule is O=C(O)NCC(=O)C1CCc2ccccc2N1. The van der Waals surface area contributed by atoms with Crippen LogP contribution in [0.1, 0.15) is 12.0 Å². The first kappa shape index (κ1) is 11.4. The van der Waals surface area contributed by atoms with E-state index in [1.807, 2.05) is 24.3 Å². The Hall–Kier alpha value is -2.04. The molecule has 1 atom stereocenters. The summed E-state index contributed by atoms with van der Waals surface area (Å²) in [6.45, 7) is -0.144. The van der Waals surface area contributed by atoms with Crippen LogP contribution in [0, 0.1) is 0 Å². The number of carbonyl (C=O) groups is 2. The Labute approximate surface area is 98.8 Å². The number of amides is 1. The Kier molecular flexibility index (Phi) is 3.27.